The van der Waals surface area contributed by atoms with Gasteiger partial charge in [0, 0.05) is 49.2 Å². The summed E-state index contributed by atoms with van der Waals surface area (Å²) in [4.78, 5) is 31.6. The summed E-state index contributed by atoms with van der Waals surface area (Å²) >= 11 is 6.67. The van der Waals surface area contributed by atoms with E-state index in [0.29, 0.717) is 60.7 Å². The van der Waals surface area contributed by atoms with Crippen molar-refractivity contribution in [1.82, 2.24) is 14.5 Å². The molecule has 1 aliphatic rings. The van der Waals surface area contributed by atoms with Crippen LogP contribution in [0.3, 0.4) is 0 Å². The molecule has 7 nitrogen and oxygen atoms in total. The van der Waals surface area contributed by atoms with Crippen molar-refractivity contribution in [2.45, 2.75) is 31.8 Å². The monoisotopic (exact) mass is 502 g/mol. The van der Waals surface area contributed by atoms with Gasteiger partial charge < -0.3 is 19.9 Å². The number of likely N-dealkylation sites (tertiary alicyclic amines) is 1. The second-order valence-corrected chi connectivity index (χ2v) is 9.44. The number of nitrogens with zero attached hydrogens (tertiary/aromatic N) is 3. The number of para-hydroxylation sites is 1. The first-order chi connectivity index (χ1) is 17.5. The molecule has 0 spiro atoms. The maximum Gasteiger partial charge on any atom is 0.256 e. The summed E-state index contributed by atoms with van der Waals surface area (Å²) in [5, 5.41) is 14.0. The molecule has 1 aliphatic heterocycles. The number of aliphatic hydroxyl groups is 1. The van der Waals surface area contributed by atoms with E-state index in [2.05, 4.69) is 10.3 Å². The van der Waals surface area contributed by atoms with E-state index in [1.807, 2.05) is 59.3 Å². The fraction of sp³-hybridized carbons (Fsp3) is 0.250. The molecule has 8 heteroatoms. The van der Waals surface area contributed by atoms with Crippen LogP contribution in [-0.4, -0.2) is 50.6 Å². The maximum absolute atomic E-state index is 13.3. The Kier molecular flexibility index (Phi) is 7.02. The zero-order chi connectivity index (χ0) is 25.1. The Morgan fingerprint density at radius 1 is 1.08 bits per heavy atom. The number of piperidine rings is 1. The highest BCUT2D eigenvalue weighted by molar-refractivity contribution is 6.33. The van der Waals surface area contributed by atoms with Crippen molar-refractivity contribution in [3.05, 3.63) is 89.3 Å². The van der Waals surface area contributed by atoms with E-state index in [-0.39, 0.29) is 17.9 Å². The van der Waals surface area contributed by atoms with Gasteiger partial charge in [-0.3, -0.25) is 14.6 Å². The molecule has 0 bridgehead atoms. The number of aliphatic hydroxyl groups excluding tert-OH is 1. The molecule has 184 valence electrons. The molecule has 1 saturated heterocycles. The Morgan fingerprint density at radius 3 is 2.64 bits per heavy atom. The van der Waals surface area contributed by atoms with Gasteiger partial charge in [-0.25, -0.2) is 0 Å². The zero-order valence-corrected chi connectivity index (χ0v) is 20.5. The van der Waals surface area contributed by atoms with Gasteiger partial charge in [-0.15, -0.1) is 0 Å². The molecule has 1 fully saturated rings. The van der Waals surface area contributed by atoms with Crippen molar-refractivity contribution < 1.29 is 14.7 Å². The number of carbonyl (C=O) groups is 2. The van der Waals surface area contributed by atoms with Gasteiger partial charge in [0.15, 0.2) is 0 Å². The maximum atomic E-state index is 13.3. The Balaban J connectivity index is 1.36. The lowest BCUT2D eigenvalue weighted by atomic mass is 10.1. The lowest BCUT2D eigenvalue weighted by Gasteiger charge is -2.29. The largest absolute Gasteiger partial charge is 0.393 e. The number of aromatic nitrogens is 2. The van der Waals surface area contributed by atoms with Crippen molar-refractivity contribution in [3.8, 4) is 5.69 Å². The molecule has 2 aromatic heterocycles. The second-order valence-electron chi connectivity index (χ2n) is 9.03. The van der Waals surface area contributed by atoms with Crippen LogP contribution in [0.15, 0.2) is 73.2 Å². The van der Waals surface area contributed by atoms with Crippen LogP contribution in [0.1, 0.15) is 35.2 Å². The summed E-state index contributed by atoms with van der Waals surface area (Å²) in [5.74, 6) is -0.154. The average Bonchev–Trinajstić information content (AvgIpc) is 3.28. The van der Waals surface area contributed by atoms with E-state index in [1.54, 1.807) is 23.4 Å². The molecule has 2 aromatic carbocycles. The minimum atomic E-state index is -0.344. The van der Waals surface area contributed by atoms with Crippen LogP contribution in [0.25, 0.3) is 16.6 Å². The Bertz CT molecular complexity index is 1390. The van der Waals surface area contributed by atoms with Gasteiger partial charge >= 0.3 is 0 Å². The first kappa shape index (κ1) is 24.0. The Labute approximate surface area is 214 Å². The van der Waals surface area contributed by atoms with Crippen LogP contribution in [0, 0.1) is 0 Å². The van der Waals surface area contributed by atoms with E-state index in [1.165, 1.54) is 0 Å². The number of aryl methyl sites for hydroxylation is 1. The van der Waals surface area contributed by atoms with Gasteiger partial charge in [0.2, 0.25) is 5.91 Å². The number of anilines is 1. The minimum Gasteiger partial charge on any atom is -0.393 e. The quantitative estimate of drug-likeness (QED) is 0.394. The van der Waals surface area contributed by atoms with Crippen molar-refractivity contribution in [2.24, 2.45) is 0 Å². The number of nitrogens with one attached hydrogen (secondary N) is 1. The van der Waals surface area contributed by atoms with Crippen molar-refractivity contribution >= 4 is 40.0 Å². The van der Waals surface area contributed by atoms with Crippen LogP contribution in [0.4, 0.5) is 5.69 Å². The van der Waals surface area contributed by atoms with E-state index >= 15 is 0 Å². The molecule has 0 unspecified atom stereocenters. The molecular weight excluding hydrogens is 476 g/mol. The van der Waals surface area contributed by atoms with Gasteiger partial charge in [-0.05, 0) is 55.2 Å². The summed E-state index contributed by atoms with van der Waals surface area (Å²) in [7, 11) is 0. The molecule has 2 amide bonds. The van der Waals surface area contributed by atoms with E-state index in [9.17, 15) is 14.7 Å². The smallest absolute Gasteiger partial charge is 0.256 e. The SMILES string of the molecule is O=C(CCc1cccnc1)Nc1ccc(-n2cc(C(=O)N3CCC(O)CC3)c3ccccc32)c(Cl)c1. The van der Waals surface area contributed by atoms with Crippen molar-refractivity contribution in [3.63, 3.8) is 0 Å². The number of amides is 2. The number of hydrogen-bond donors (Lipinski definition) is 2. The summed E-state index contributed by atoms with van der Waals surface area (Å²) in [6.45, 7) is 1.07. The predicted octanol–water partition coefficient (Wildman–Crippen LogP) is 4.85. The standard InChI is InChI=1S/C28H27ClN4O3/c29-24-16-20(31-27(35)10-7-19-4-3-13-30-17-19)8-9-26(24)33-18-23(22-5-1-2-6-25(22)33)28(36)32-14-11-21(34)12-15-32/h1-6,8-9,13,16-18,21,34H,7,10-12,14-15H2,(H,31,35). The van der Waals surface area contributed by atoms with Crippen molar-refractivity contribution in [1.29, 1.82) is 0 Å². The van der Waals surface area contributed by atoms with Gasteiger partial charge in [0.1, 0.15) is 0 Å². The third-order valence-corrected chi connectivity index (χ3v) is 6.85. The number of rotatable bonds is 6. The van der Waals surface area contributed by atoms with Gasteiger partial charge in [-0.1, -0.05) is 35.9 Å². The second kappa shape index (κ2) is 10.5. The van der Waals surface area contributed by atoms with Gasteiger partial charge in [0.05, 0.1) is 27.9 Å². The molecule has 5 rings (SSSR count). The summed E-state index contributed by atoms with van der Waals surface area (Å²) < 4.78 is 1.91. The minimum absolute atomic E-state index is 0.0505. The first-order valence-corrected chi connectivity index (χ1v) is 12.4. The molecule has 3 heterocycles. The summed E-state index contributed by atoms with van der Waals surface area (Å²) in [6, 6.07) is 16.9. The molecule has 0 atom stereocenters. The lowest BCUT2D eigenvalue weighted by Crippen LogP contribution is -2.40. The molecule has 4 aromatic rings. The van der Waals surface area contributed by atoms with Gasteiger partial charge in [0.25, 0.3) is 5.91 Å². The Hall–Kier alpha value is -3.68. The molecule has 0 radical (unpaired) electrons. The highest BCUT2D eigenvalue weighted by atomic mass is 35.5. The van der Waals surface area contributed by atoms with E-state index in [4.69, 9.17) is 11.6 Å². The zero-order valence-electron chi connectivity index (χ0n) is 19.7. The lowest BCUT2D eigenvalue weighted by molar-refractivity contribution is -0.116. The fourth-order valence-corrected chi connectivity index (χ4v) is 4.87. The number of carbonyl (C=O) groups excluding carboxylic acids is 2. The number of benzene rings is 2. The average molecular weight is 503 g/mol. The summed E-state index contributed by atoms with van der Waals surface area (Å²) in [6.07, 6.45) is 7.07. The fourth-order valence-electron chi connectivity index (χ4n) is 4.60. The van der Waals surface area contributed by atoms with Gasteiger partial charge in [-0.2, -0.15) is 0 Å². The topological polar surface area (TPSA) is 87.5 Å². The number of fused-ring (bicyclic) bond motifs is 1. The molecule has 0 saturated carbocycles. The summed E-state index contributed by atoms with van der Waals surface area (Å²) in [5.41, 5.74) is 3.81. The number of pyridine rings is 1. The van der Waals surface area contributed by atoms with E-state index in [0.717, 1.165) is 16.5 Å². The highest BCUT2D eigenvalue weighted by Gasteiger charge is 2.25. The van der Waals surface area contributed by atoms with Crippen LogP contribution < -0.4 is 5.32 Å². The van der Waals surface area contributed by atoms with Crippen LogP contribution >= 0.6 is 11.6 Å². The predicted molar refractivity (Wildman–Crippen MR) is 141 cm³/mol. The first-order valence-electron chi connectivity index (χ1n) is 12.1. The molecule has 0 aliphatic carbocycles. The normalized spacial score (nSPS) is 14.2. The van der Waals surface area contributed by atoms with Crippen LogP contribution in [0.5, 0.6) is 0 Å². The van der Waals surface area contributed by atoms with Crippen molar-refractivity contribution in [2.75, 3.05) is 18.4 Å². The Morgan fingerprint density at radius 2 is 1.89 bits per heavy atom. The van der Waals surface area contributed by atoms with Crippen LogP contribution in [0.2, 0.25) is 5.02 Å². The van der Waals surface area contributed by atoms with Crippen LogP contribution in [-0.2, 0) is 11.2 Å². The highest BCUT2D eigenvalue weighted by Crippen LogP contribution is 2.31. The number of hydrogen-bond acceptors (Lipinski definition) is 4. The molecule has 36 heavy (non-hydrogen) atoms. The molecular formula is C28H27ClN4O3. The number of halogens is 1. The third-order valence-electron chi connectivity index (χ3n) is 6.55. The third kappa shape index (κ3) is 5.12. The van der Waals surface area contributed by atoms with E-state index < -0.39 is 0 Å². The molecule has 2 N–H and O–H groups in total.